The molecule has 1 aromatic carbocycles. The van der Waals surface area contributed by atoms with E-state index in [1.54, 1.807) is 0 Å². The molecule has 0 aliphatic carbocycles. The van der Waals surface area contributed by atoms with Gasteiger partial charge in [0.2, 0.25) is 0 Å². The molecule has 0 saturated carbocycles. The molecule has 2 rings (SSSR count). The molecule has 2 nitrogen and oxygen atoms in total. The molecule has 0 radical (unpaired) electrons. The number of β-amino-alcohol motifs (C(OH)–C–C–N with tert-alkyl or cyclic N) is 1. The summed E-state index contributed by atoms with van der Waals surface area (Å²) in [6, 6.07) is 9.96. The Morgan fingerprint density at radius 1 is 1.50 bits per heavy atom. The topological polar surface area (TPSA) is 23.5 Å². The van der Waals surface area contributed by atoms with E-state index in [1.165, 1.54) is 0 Å². The van der Waals surface area contributed by atoms with Crippen molar-refractivity contribution < 1.29 is 5.11 Å². The number of benzene rings is 1. The molecular formula is C14H19NO. The molecule has 86 valence electrons. The first-order chi connectivity index (χ1) is 7.66. The molecular weight excluding hydrogens is 198 g/mol. The summed E-state index contributed by atoms with van der Waals surface area (Å²) in [5, 5.41) is 10.8. The minimum Gasteiger partial charge on any atom is -0.383 e. The average Bonchev–Trinajstić information content (AvgIpc) is 2.57. The summed E-state index contributed by atoms with van der Waals surface area (Å²) in [5.74, 6) is 0.248. The number of likely N-dealkylation sites (N-methyl/N-ethyl adjacent to an activating group) is 1. The van der Waals surface area contributed by atoms with Gasteiger partial charge in [-0.2, -0.15) is 0 Å². The standard InChI is InChI=1S/C14H19NO/c1-3-7-13-10-15(2)11-14(13,16)12-8-5-4-6-9-12/h3-6,8-9,13,16H,1,7,10-11H2,2H3/t13-,14-/m1/s1. The van der Waals surface area contributed by atoms with E-state index in [-0.39, 0.29) is 5.92 Å². The molecule has 0 spiro atoms. The highest BCUT2D eigenvalue weighted by atomic mass is 16.3. The van der Waals surface area contributed by atoms with Gasteiger partial charge in [-0.25, -0.2) is 0 Å². The maximum absolute atomic E-state index is 10.8. The molecule has 1 aromatic rings. The molecule has 1 aliphatic heterocycles. The van der Waals surface area contributed by atoms with Crippen molar-refractivity contribution in [3.05, 3.63) is 48.6 Å². The van der Waals surface area contributed by atoms with E-state index in [9.17, 15) is 5.11 Å². The van der Waals surface area contributed by atoms with E-state index < -0.39 is 5.60 Å². The lowest BCUT2D eigenvalue weighted by Crippen LogP contribution is -2.34. The Bertz CT molecular complexity index is 362. The molecule has 2 atom stereocenters. The lowest BCUT2D eigenvalue weighted by Gasteiger charge is -2.29. The number of hydrogen-bond acceptors (Lipinski definition) is 2. The highest BCUT2D eigenvalue weighted by Crippen LogP contribution is 2.38. The number of nitrogens with zero attached hydrogens (tertiary/aromatic N) is 1. The van der Waals surface area contributed by atoms with Gasteiger partial charge < -0.3 is 10.0 Å². The van der Waals surface area contributed by atoms with Crippen LogP contribution in [0.15, 0.2) is 43.0 Å². The fourth-order valence-electron chi connectivity index (χ4n) is 2.66. The number of allylic oxidation sites excluding steroid dienone is 1. The second kappa shape index (κ2) is 4.40. The number of aliphatic hydroxyl groups is 1. The van der Waals surface area contributed by atoms with Crippen LogP contribution in [0.4, 0.5) is 0 Å². The quantitative estimate of drug-likeness (QED) is 0.783. The third-order valence-electron chi connectivity index (χ3n) is 3.44. The largest absolute Gasteiger partial charge is 0.383 e. The third kappa shape index (κ3) is 1.91. The van der Waals surface area contributed by atoms with Crippen LogP contribution in [0.3, 0.4) is 0 Å². The number of rotatable bonds is 3. The zero-order valence-corrected chi connectivity index (χ0v) is 9.76. The Labute approximate surface area is 97.2 Å². The molecule has 1 saturated heterocycles. The molecule has 0 amide bonds. The van der Waals surface area contributed by atoms with E-state index in [1.807, 2.05) is 36.4 Å². The highest BCUT2D eigenvalue weighted by molar-refractivity contribution is 5.25. The SMILES string of the molecule is C=CC[C@@H]1CN(C)C[C@@]1(O)c1ccccc1. The monoisotopic (exact) mass is 217 g/mol. The Morgan fingerprint density at radius 2 is 2.19 bits per heavy atom. The third-order valence-corrected chi connectivity index (χ3v) is 3.44. The van der Waals surface area contributed by atoms with Crippen molar-refractivity contribution in [2.45, 2.75) is 12.0 Å². The predicted molar refractivity (Wildman–Crippen MR) is 66.1 cm³/mol. The van der Waals surface area contributed by atoms with Crippen molar-refractivity contribution >= 4 is 0 Å². The summed E-state index contributed by atoms with van der Waals surface area (Å²) >= 11 is 0. The van der Waals surface area contributed by atoms with Gasteiger partial charge in [0.1, 0.15) is 5.60 Å². The van der Waals surface area contributed by atoms with Crippen LogP contribution in [0.25, 0.3) is 0 Å². The van der Waals surface area contributed by atoms with E-state index in [4.69, 9.17) is 0 Å². The maximum Gasteiger partial charge on any atom is 0.107 e. The summed E-state index contributed by atoms with van der Waals surface area (Å²) in [6.07, 6.45) is 2.76. The Balaban J connectivity index is 2.31. The lowest BCUT2D eigenvalue weighted by molar-refractivity contribution is 0.00935. The van der Waals surface area contributed by atoms with Crippen molar-refractivity contribution in [2.24, 2.45) is 5.92 Å². The maximum atomic E-state index is 10.8. The van der Waals surface area contributed by atoms with Crippen molar-refractivity contribution in [1.29, 1.82) is 0 Å². The molecule has 2 heteroatoms. The molecule has 16 heavy (non-hydrogen) atoms. The molecule has 0 aromatic heterocycles. The first kappa shape index (κ1) is 11.4. The molecule has 1 N–H and O–H groups in total. The second-order valence-corrected chi connectivity index (χ2v) is 4.71. The van der Waals surface area contributed by atoms with Crippen molar-refractivity contribution in [3.63, 3.8) is 0 Å². The first-order valence-electron chi connectivity index (χ1n) is 5.74. The van der Waals surface area contributed by atoms with Crippen LogP contribution < -0.4 is 0 Å². The highest BCUT2D eigenvalue weighted by Gasteiger charge is 2.44. The summed E-state index contributed by atoms with van der Waals surface area (Å²) in [7, 11) is 2.05. The summed E-state index contributed by atoms with van der Waals surface area (Å²) in [4.78, 5) is 2.18. The number of hydrogen-bond donors (Lipinski definition) is 1. The van der Waals surface area contributed by atoms with Crippen LogP contribution in [-0.2, 0) is 5.60 Å². The molecule has 1 aliphatic rings. The second-order valence-electron chi connectivity index (χ2n) is 4.71. The van der Waals surface area contributed by atoms with Crippen molar-refractivity contribution in [2.75, 3.05) is 20.1 Å². The Hall–Kier alpha value is -1.12. The average molecular weight is 217 g/mol. The molecule has 0 unspecified atom stereocenters. The summed E-state index contributed by atoms with van der Waals surface area (Å²) < 4.78 is 0. The van der Waals surface area contributed by atoms with Crippen LogP contribution in [-0.4, -0.2) is 30.1 Å². The van der Waals surface area contributed by atoms with Gasteiger partial charge in [-0.1, -0.05) is 36.4 Å². The van der Waals surface area contributed by atoms with E-state index in [2.05, 4.69) is 18.5 Å². The smallest absolute Gasteiger partial charge is 0.107 e. The minimum absolute atomic E-state index is 0.248. The molecule has 1 heterocycles. The lowest BCUT2D eigenvalue weighted by atomic mass is 9.82. The first-order valence-corrected chi connectivity index (χ1v) is 5.74. The summed E-state index contributed by atoms with van der Waals surface area (Å²) in [6.45, 7) is 5.41. The van der Waals surface area contributed by atoms with Crippen LogP contribution in [0, 0.1) is 5.92 Å². The van der Waals surface area contributed by atoms with Gasteiger partial charge in [-0.15, -0.1) is 6.58 Å². The van der Waals surface area contributed by atoms with E-state index in [0.29, 0.717) is 6.54 Å². The van der Waals surface area contributed by atoms with Crippen LogP contribution in [0.5, 0.6) is 0 Å². The van der Waals surface area contributed by atoms with Gasteiger partial charge in [0.25, 0.3) is 0 Å². The fraction of sp³-hybridized carbons (Fsp3) is 0.429. The summed E-state index contributed by atoms with van der Waals surface area (Å²) in [5.41, 5.74) is 0.302. The Morgan fingerprint density at radius 3 is 2.81 bits per heavy atom. The van der Waals surface area contributed by atoms with Gasteiger partial charge in [-0.3, -0.25) is 0 Å². The van der Waals surface area contributed by atoms with E-state index >= 15 is 0 Å². The van der Waals surface area contributed by atoms with Crippen LogP contribution >= 0.6 is 0 Å². The fourth-order valence-corrected chi connectivity index (χ4v) is 2.66. The molecule has 1 fully saturated rings. The van der Waals surface area contributed by atoms with E-state index in [0.717, 1.165) is 18.5 Å². The molecule has 0 bridgehead atoms. The van der Waals surface area contributed by atoms with Crippen molar-refractivity contribution in [1.82, 2.24) is 4.90 Å². The van der Waals surface area contributed by atoms with Crippen molar-refractivity contribution in [3.8, 4) is 0 Å². The van der Waals surface area contributed by atoms with Gasteiger partial charge in [0.05, 0.1) is 0 Å². The van der Waals surface area contributed by atoms with Gasteiger partial charge in [0, 0.05) is 19.0 Å². The zero-order valence-electron chi connectivity index (χ0n) is 9.76. The van der Waals surface area contributed by atoms with Gasteiger partial charge in [0.15, 0.2) is 0 Å². The van der Waals surface area contributed by atoms with Gasteiger partial charge in [-0.05, 0) is 19.0 Å². The minimum atomic E-state index is -0.718. The van der Waals surface area contributed by atoms with Gasteiger partial charge >= 0.3 is 0 Å². The Kier molecular flexibility index (Phi) is 3.13. The normalized spacial score (nSPS) is 30.5. The zero-order chi connectivity index (χ0) is 11.6. The predicted octanol–water partition coefficient (Wildman–Crippen LogP) is 2.01. The number of likely N-dealkylation sites (tertiary alicyclic amines) is 1. The van der Waals surface area contributed by atoms with Crippen LogP contribution in [0.2, 0.25) is 0 Å². The van der Waals surface area contributed by atoms with Crippen LogP contribution in [0.1, 0.15) is 12.0 Å².